The minimum absolute atomic E-state index is 0.0472. The standard InChI is InChI=1S/C20H36O3/c1-12(2)20(21)23-19-15(5)10-17(11-16(19)6)22-18-13(3)8-7-9-14(18)4/h12-19H,7-11H2,1-6H3. The molecule has 4 unspecified atom stereocenters. The first kappa shape index (κ1) is 18.8. The molecule has 0 aromatic heterocycles. The van der Waals surface area contributed by atoms with Gasteiger partial charge < -0.3 is 9.47 Å². The molecule has 134 valence electrons. The van der Waals surface area contributed by atoms with E-state index >= 15 is 0 Å². The van der Waals surface area contributed by atoms with Gasteiger partial charge in [-0.2, -0.15) is 0 Å². The van der Waals surface area contributed by atoms with E-state index in [-0.39, 0.29) is 18.0 Å². The summed E-state index contributed by atoms with van der Waals surface area (Å²) in [5.41, 5.74) is 0. The van der Waals surface area contributed by atoms with Gasteiger partial charge in [0.15, 0.2) is 0 Å². The Labute approximate surface area is 142 Å². The van der Waals surface area contributed by atoms with Crippen molar-refractivity contribution in [3.8, 4) is 0 Å². The fourth-order valence-corrected chi connectivity index (χ4v) is 4.51. The molecule has 0 aromatic rings. The van der Waals surface area contributed by atoms with Gasteiger partial charge >= 0.3 is 5.97 Å². The third-order valence-electron chi connectivity index (χ3n) is 5.90. The molecule has 23 heavy (non-hydrogen) atoms. The second-order valence-corrected chi connectivity index (χ2v) is 8.59. The Balaban J connectivity index is 1.92. The molecule has 0 aromatic carbocycles. The molecule has 2 fully saturated rings. The van der Waals surface area contributed by atoms with E-state index in [0.717, 1.165) is 12.8 Å². The molecule has 3 nitrogen and oxygen atoms in total. The van der Waals surface area contributed by atoms with Crippen molar-refractivity contribution in [2.24, 2.45) is 29.6 Å². The molecule has 0 bridgehead atoms. The van der Waals surface area contributed by atoms with E-state index in [1.807, 2.05) is 13.8 Å². The van der Waals surface area contributed by atoms with E-state index < -0.39 is 0 Å². The first-order chi connectivity index (χ1) is 10.8. The van der Waals surface area contributed by atoms with Gasteiger partial charge in [-0.05, 0) is 49.4 Å². The topological polar surface area (TPSA) is 35.5 Å². The minimum atomic E-state index is -0.0670. The summed E-state index contributed by atoms with van der Waals surface area (Å²) in [4.78, 5) is 11.9. The van der Waals surface area contributed by atoms with Gasteiger partial charge in [0, 0.05) is 0 Å². The average molecular weight is 325 g/mol. The Kier molecular flexibility index (Phi) is 6.53. The van der Waals surface area contributed by atoms with Gasteiger partial charge in [-0.25, -0.2) is 0 Å². The van der Waals surface area contributed by atoms with Crippen LogP contribution in [0.4, 0.5) is 0 Å². The van der Waals surface area contributed by atoms with E-state index in [9.17, 15) is 4.79 Å². The molecule has 2 aliphatic rings. The first-order valence-corrected chi connectivity index (χ1v) is 9.65. The van der Waals surface area contributed by atoms with Gasteiger partial charge in [0.25, 0.3) is 0 Å². The quantitative estimate of drug-likeness (QED) is 0.695. The molecule has 3 heteroatoms. The number of carbonyl (C=O) groups excluding carboxylic acids is 1. The van der Waals surface area contributed by atoms with Crippen LogP contribution >= 0.6 is 0 Å². The van der Waals surface area contributed by atoms with Gasteiger partial charge in [0.2, 0.25) is 0 Å². The Hall–Kier alpha value is -0.570. The van der Waals surface area contributed by atoms with E-state index in [1.54, 1.807) is 0 Å². The maximum Gasteiger partial charge on any atom is 0.308 e. The lowest BCUT2D eigenvalue weighted by Gasteiger charge is -2.43. The fourth-order valence-electron chi connectivity index (χ4n) is 4.51. The Bertz CT molecular complexity index is 370. The van der Waals surface area contributed by atoms with E-state index in [4.69, 9.17) is 9.47 Å². The van der Waals surface area contributed by atoms with Crippen LogP contribution in [-0.2, 0) is 14.3 Å². The van der Waals surface area contributed by atoms with Crippen molar-refractivity contribution >= 4 is 5.97 Å². The lowest BCUT2D eigenvalue weighted by Crippen LogP contribution is -2.44. The van der Waals surface area contributed by atoms with E-state index in [1.165, 1.54) is 19.3 Å². The largest absolute Gasteiger partial charge is 0.462 e. The molecule has 2 saturated carbocycles. The highest BCUT2D eigenvalue weighted by molar-refractivity contribution is 5.71. The van der Waals surface area contributed by atoms with Crippen LogP contribution < -0.4 is 0 Å². The molecule has 0 spiro atoms. The summed E-state index contributed by atoms with van der Waals surface area (Å²) in [5.74, 6) is 1.97. The molecule has 0 amide bonds. The van der Waals surface area contributed by atoms with Crippen molar-refractivity contribution in [3.05, 3.63) is 0 Å². The summed E-state index contributed by atoms with van der Waals surface area (Å²) >= 11 is 0. The SMILES string of the molecule is CC(C)C(=O)OC1C(C)CC(OC2C(C)CCCC2C)CC1C. The average Bonchev–Trinajstić information content (AvgIpc) is 2.46. The molecule has 0 radical (unpaired) electrons. The smallest absolute Gasteiger partial charge is 0.308 e. The lowest BCUT2D eigenvalue weighted by molar-refractivity contribution is -0.169. The van der Waals surface area contributed by atoms with E-state index in [0.29, 0.717) is 35.9 Å². The zero-order valence-electron chi connectivity index (χ0n) is 15.9. The predicted molar refractivity (Wildman–Crippen MR) is 93.1 cm³/mol. The van der Waals surface area contributed by atoms with Crippen molar-refractivity contribution < 1.29 is 14.3 Å². The van der Waals surface area contributed by atoms with Gasteiger partial charge in [0.1, 0.15) is 6.10 Å². The number of esters is 1. The van der Waals surface area contributed by atoms with Crippen LogP contribution in [0.25, 0.3) is 0 Å². The molecule has 0 N–H and O–H groups in total. The molecule has 0 aliphatic heterocycles. The second kappa shape index (κ2) is 8.00. The van der Waals surface area contributed by atoms with Crippen LogP contribution in [0.2, 0.25) is 0 Å². The van der Waals surface area contributed by atoms with Gasteiger partial charge in [-0.1, -0.05) is 48.0 Å². The summed E-state index contributed by atoms with van der Waals surface area (Å²) in [6.07, 6.45) is 6.72. The van der Waals surface area contributed by atoms with Crippen LogP contribution in [0, 0.1) is 29.6 Å². The van der Waals surface area contributed by atoms with Crippen molar-refractivity contribution in [1.82, 2.24) is 0 Å². The Morgan fingerprint density at radius 1 is 0.870 bits per heavy atom. The summed E-state index contributed by atoms with van der Waals surface area (Å²) < 4.78 is 12.3. The van der Waals surface area contributed by atoms with Crippen LogP contribution in [0.1, 0.15) is 73.6 Å². The van der Waals surface area contributed by atoms with Crippen LogP contribution in [0.5, 0.6) is 0 Å². The van der Waals surface area contributed by atoms with Crippen molar-refractivity contribution in [1.29, 1.82) is 0 Å². The number of ether oxygens (including phenoxy) is 2. The van der Waals surface area contributed by atoms with Crippen LogP contribution in [0.15, 0.2) is 0 Å². The second-order valence-electron chi connectivity index (χ2n) is 8.59. The maximum absolute atomic E-state index is 11.9. The van der Waals surface area contributed by atoms with E-state index in [2.05, 4.69) is 27.7 Å². The Morgan fingerprint density at radius 2 is 1.39 bits per heavy atom. The molecular weight excluding hydrogens is 288 g/mol. The van der Waals surface area contributed by atoms with Crippen LogP contribution in [0.3, 0.4) is 0 Å². The highest BCUT2D eigenvalue weighted by atomic mass is 16.5. The summed E-state index contributed by atoms with van der Waals surface area (Å²) in [5, 5.41) is 0. The normalized spacial score (nSPS) is 41.8. The maximum atomic E-state index is 11.9. The zero-order valence-corrected chi connectivity index (χ0v) is 15.9. The van der Waals surface area contributed by atoms with Crippen molar-refractivity contribution in [2.75, 3.05) is 0 Å². The monoisotopic (exact) mass is 324 g/mol. The van der Waals surface area contributed by atoms with Gasteiger partial charge in [-0.15, -0.1) is 0 Å². The highest BCUT2D eigenvalue weighted by Crippen LogP contribution is 2.38. The zero-order chi connectivity index (χ0) is 17.1. The first-order valence-electron chi connectivity index (χ1n) is 9.65. The number of carbonyl (C=O) groups is 1. The number of hydrogen-bond donors (Lipinski definition) is 0. The summed E-state index contributed by atoms with van der Waals surface area (Å²) in [6.45, 7) is 12.9. The number of hydrogen-bond acceptors (Lipinski definition) is 3. The highest BCUT2D eigenvalue weighted by Gasteiger charge is 2.39. The molecule has 0 saturated heterocycles. The van der Waals surface area contributed by atoms with Crippen molar-refractivity contribution in [2.45, 2.75) is 92.0 Å². The predicted octanol–water partition coefficient (Wildman–Crippen LogP) is 4.83. The Morgan fingerprint density at radius 3 is 1.87 bits per heavy atom. The fraction of sp³-hybridized carbons (Fsp3) is 0.950. The van der Waals surface area contributed by atoms with Gasteiger partial charge in [-0.3, -0.25) is 4.79 Å². The molecule has 2 rings (SSSR count). The molecule has 4 atom stereocenters. The van der Waals surface area contributed by atoms with Crippen LogP contribution in [-0.4, -0.2) is 24.3 Å². The van der Waals surface area contributed by atoms with Gasteiger partial charge in [0.05, 0.1) is 18.1 Å². The third kappa shape index (κ3) is 4.71. The molecule has 0 heterocycles. The third-order valence-corrected chi connectivity index (χ3v) is 5.90. The molecule has 2 aliphatic carbocycles. The molecular formula is C20H36O3. The minimum Gasteiger partial charge on any atom is -0.462 e. The lowest BCUT2D eigenvalue weighted by atomic mass is 9.77. The summed E-state index contributed by atoms with van der Waals surface area (Å²) in [6, 6.07) is 0. The number of rotatable bonds is 4. The summed E-state index contributed by atoms with van der Waals surface area (Å²) in [7, 11) is 0. The van der Waals surface area contributed by atoms with Crippen molar-refractivity contribution in [3.63, 3.8) is 0 Å².